The lowest BCUT2D eigenvalue weighted by Crippen LogP contribution is -2.54. The van der Waals surface area contributed by atoms with Crippen LogP contribution in [-0.2, 0) is 20.6 Å². The summed E-state index contributed by atoms with van der Waals surface area (Å²) in [6.45, 7) is 3.95. The molecule has 1 saturated heterocycles. The molecule has 1 aliphatic rings. The molecule has 0 spiro atoms. The van der Waals surface area contributed by atoms with E-state index in [2.05, 4.69) is 25.8 Å². The molecule has 0 saturated carbocycles. The monoisotopic (exact) mass is 577 g/mol. The number of aliphatic imine (C=N–C) groups is 1. The maximum atomic E-state index is 12.5. The Morgan fingerprint density at radius 3 is 2.59 bits per heavy atom. The van der Waals surface area contributed by atoms with Gasteiger partial charge in [0.25, 0.3) is 0 Å². The molecule has 176 valence electrons. The minimum absolute atomic E-state index is 0. The Labute approximate surface area is 204 Å². The van der Waals surface area contributed by atoms with E-state index in [0.29, 0.717) is 50.2 Å². The highest BCUT2D eigenvalue weighted by Crippen LogP contribution is 2.13. The van der Waals surface area contributed by atoms with Gasteiger partial charge < -0.3 is 20.1 Å². The van der Waals surface area contributed by atoms with E-state index in [1.54, 1.807) is 19.2 Å². The number of nitrogens with zero attached hydrogens (tertiary/aromatic N) is 5. The van der Waals surface area contributed by atoms with E-state index in [-0.39, 0.29) is 42.1 Å². The molecule has 2 aromatic heterocycles. The van der Waals surface area contributed by atoms with Crippen LogP contribution in [-0.4, -0.2) is 79.4 Å². The molecular weight excluding hydrogens is 549 g/mol. The van der Waals surface area contributed by atoms with E-state index in [9.17, 15) is 13.2 Å². The average molecular weight is 577 g/mol. The van der Waals surface area contributed by atoms with Gasteiger partial charge in [0.2, 0.25) is 15.9 Å². The maximum absolute atomic E-state index is 12.5. The number of rotatable bonds is 7. The van der Waals surface area contributed by atoms with Crippen LogP contribution >= 0.6 is 24.0 Å². The van der Waals surface area contributed by atoms with Crippen molar-refractivity contribution in [3.8, 4) is 0 Å². The molecule has 0 atom stereocenters. The van der Waals surface area contributed by atoms with Gasteiger partial charge in [0.15, 0.2) is 5.96 Å². The highest BCUT2D eigenvalue weighted by molar-refractivity contribution is 14.0. The van der Waals surface area contributed by atoms with E-state index in [0.717, 1.165) is 5.69 Å². The van der Waals surface area contributed by atoms with Crippen LogP contribution in [0.25, 0.3) is 0 Å². The van der Waals surface area contributed by atoms with Gasteiger partial charge in [-0.25, -0.2) is 13.4 Å². The topological polar surface area (TPSA) is 133 Å². The average Bonchev–Trinajstić information content (AvgIpc) is 3.24. The number of carbonyl (C=O) groups excluding carboxylic acids is 1. The fourth-order valence-corrected chi connectivity index (χ4v) is 4.63. The fourth-order valence-electron chi connectivity index (χ4n) is 3.21. The van der Waals surface area contributed by atoms with Crippen LogP contribution in [0.4, 0.5) is 5.82 Å². The molecule has 0 unspecified atom stereocenters. The summed E-state index contributed by atoms with van der Waals surface area (Å²) in [7, 11) is -1.80. The van der Waals surface area contributed by atoms with Crippen LogP contribution in [0.3, 0.4) is 0 Å². The highest BCUT2D eigenvalue weighted by atomic mass is 127. The first-order valence-corrected chi connectivity index (χ1v) is 11.5. The zero-order valence-corrected chi connectivity index (χ0v) is 21.2. The lowest BCUT2D eigenvalue weighted by Gasteiger charge is -2.35. The van der Waals surface area contributed by atoms with Gasteiger partial charge in [0.1, 0.15) is 17.8 Å². The van der Waals surface area contributed by atoms with Crippen LogP contribution in [0.5, 0.6) is 0 Å². The number of amides is 1. The quantitative estimate of drug-likeness (QED) is 0.284. The van der Waals surface area contributed by atoms with Crippen LogP contribution in [0, 0.1) is 6.92 Å². The molecule has 32 heavy (non-hydrogen) atoms. The number of guanidine groups is 1. The molecular formula is C19H28IN7O4S. The summed E-state index contributed by atoms with van der Waals surface area (Å²) in [4.78, 5) is 22.6. The fraction of sp³-hybridized carbons (Fsp3) is 0.474. The second-order valence-corrected chi connectivity index (χ2v) is 9.04. The van der Waals surface area contributed by atoms with Crippen molar-refractivity contribution in [3.05, 3.63) is 41.9 Å². The molecule has 3 heterocycles. The predicted octanol–water partition coefficient (Wildman–Crippen LogP) is 1.05. The summed E-state index contributed by atoms with van der Waals surface area (Å²) >= 11 is 0. The van der Waals surface area contributed by atoms with Crippen molar-refractivity contribution >= 4 is 51.7 Å². The van der Waals surface area contributed by atoms with Gasteiger partial charge >= 0.3 is 0 Å². The number of nitrogens with one attached hydrogen (secondary N) is 2. The minimum atomic E-state index is -3.46. The van der Waals surface area contributed by atoms with Crippen LogP contribution in [0.1, 0.15) is 17.8 Å². The van der Waals surface area contributed by atoms with Crippen molar-refractivity contribution < 1.29 is 17.7 Å². The Balaban J connectivity index is 0.00000363. The van der Waals surface area contributed by atoms with E-state index >= 15 is 0 Å². The van der Waals surface area contributed by atoms with E-state index in [4.69, 9.17) is 4.52 Å². The highest BCUT2D eigenvalue weighted by Gasteiger charge is 2.29. The standard InChI is InChI=1S/C19H27N7O4S.HI/c1-15-4-3-5-17(22-15)23-18(27)6-8-21-19(20-2)25-9-11-26(12-10-25)31(28,29)14-16-7-13-30-24-16;/h3-5,7,13H,6,8-12,14H2,1-2H3,(H,20,21)(H,22,23,27);1H. The van der Waals surface area contributed by atoms with Gasteiger partial charge in [-0.1, -0.05) is 11.2 Å². The molecule has 0 aliphatic carbocycles. The van der Waals surface area contributed by atoms with Crippen molar-refractivity contribution in [1.82, 2.24) is 24.7 Å². The number of hydrogen-bond donors (Lipinski definition) is 2. The van der Waals surface area contributed by atoms with Crippen molar-refractivity contribution in [3.63, 3.8) is 0 Å². The molecule has 11 nitrogen and oxygen atoms in total. The van der Waals surface area contributed by atoms with Gasteiger partial charge in [-0.05, 0) is 19.1 Å². The lowest BCUT2D eigenvalue weighted by atomic mass is 10.3. The van der Waals surface area contributed by atoms with Crippen LogP contribution < -0.4 is 10.6 Å². The summed E-state index contributed by atoms with van der Waals surface area (Å²) in [6.07, 6.45) is 1.61. The third kappa shape index (κ3) is 7.41. The van der Waals surface area contributed by atoms with E-state index in [1.165, 1.54) is 10.6 Å². The first kappa shape index (κ1) is 26.0. The van der Waals surface area contributed by atoms with Crippen molar-refractivity contribution in [1.29, 1.82) is 0 Å². The summed E-state index contributed by atoms with van der Waals surface area (Å²) in [5.74, 6) is 0.832. The third-order valence-corrected chi connectivity index (χ3v) is 6.57. The Morgan fingerprint density at radius 1 is 1.22 bits per heavy atom. The molecule has 2 N–H and O–H groups in total. The Kier molecular flexibility index (Phi) is 9.84. The largest absolute Gasteiger partial charge is 0.364 e. The number of anilines is 1. The Bertz CT molecular complexity index is 1010. The second-order valence-electron chi connectivity index (χ2n) is 7.07. The van der Waals surface area contributed by atoms with Crippen molar-refractivity contribution in [2.24, 2.45) is 4.99 Å². The molecule has 1 amide bonds. The number of aryl methyl sites for hydroxylation is 1. The molecule has 0 bridgehead atoms. The van der Waals surface area contributed by atoms with Gasteiger partial charge in [-0.15, -0.1) is 24.0 Å². The van der Waals surface area contributed by atoms with E-state index < -0.39 is 10.0 Å². The zero-order chi connectivity index (χ0) is 22.3. The number of hydrogen-bond acceptors (Lipinski definition) is 7. The Hall–Kier alpha value is -2.26. The van der Waals surface area contributed by atoms with Gasteiger partial charge in [-0.2, -0.15) is 4.31 Å². The number of carbonyl (C=O) groups is 1. The molecule has 2 aromatic rings. The third-order valence-electron chi connectivity index (χ3n) is 4.76. The van der Waals surface area contributed by atoms with Crippen molar-refractivity contribution in [2.75, 3.05) is 45.1 Å². The summed E-state index contributed by atoms with van der Waals surface area (Å²) in [6, 6.07) is 6.99. The minimum Gasteiger partial charge on any atom is -0.364 e. The smallest absolute Gasteiger partial charge is 0.227 e. The number of aromatic nitrogens is 2. The molecule has 0 radical (unpaired) electrons. The van der Waals surface area contributed by atoms with Crippen molar-refractivity contribution in [2.45, 2.75) is 19.1 Å². The summed E-state index contributed by atoms with van der Waals surface area (Å²) in [5, 5.41) is 9.60. The first-order chi connectivity index (χ1) is 14.9. The normalized spacial score (nSPS) is 15.2. The molecule has 0 aromatic carbocycles. The summed E-state index contributed by atoms with van der Waals surface area (Å²) < 4.78 is 31.3. The second kappa shape index (κ2) is 12.1. The van der Waals surface area contributed by atoms with Gasteiger partial charge in [-0.3, -0.25) is 9.79 Å². The molecule has 1 aliphatic heterocycles. The number of sulfonamides is 1. The zero-order valence-electron chi connectivity index (χ0n) is 18.0. The SMILES string of the molecule is CN=C(NCCC(=O)Nc1cccc(C)n1)N1CCN(S(=O)(=O)Cc2ccon2)CC1.I. The van der Waals surface area contributed by atoms with Crippen LogP contribution in [0.15, 0.2) is 40.0 Å². The number of pyridine rings is 1. The van der Waals surface area contributed by atoms with Gasteiger partial charge in [0, 0.05) is 58.0 Å². The van der Waals surface area contributed by atoms with Gasteiger partial charge in [0.05, 0.1) is 5.69 Å². The molecule has 1 fully saturated rings. The first-order valence-electron chi connectivity index (χ1n) is 9.93. The number of piperazine rings is 1. The predicted molar refractivity (Wildman–Crippen MR) is 131 cm³/mol. The summed E-state index contributed by atoms with van der Waals surface area (Å²) in [5.41, 5.74) is 1.22. The molecule has 3 rings (SSSR count). The maximum Gasteiger partial charge on any atom is 0.227 e. The lowest BCUT2D eigenvalue weighted by molar-refractivity contribution is -0.116. The van der Waals surface area contributed by atoms with E-state index in [1.807, 2.05) is 24.0 Å². The van der Waals surface area contributed by atoms with Crippen LogP contribution in [0.2, 0.25) is 0 Å². The molecule has 13 heteroatoms. The number of halogens is 1. The Morgan fingerprint density at radius 2 is 1.97 bits per heavy atom.